The van der Waals surface area contributed by atoms with Gasteiger partial charge in [0.2, 0.25) is 0 Å². The summed E-state index contributed by atoms with van der Waals surface area (Å²) in [5.41, 5.74) is 3.05. The van der Waals surface area contributed by atoms with Crippen LogP contribution in [0.15, 0.2) is 47.3 Å². The topological polar surface area (TPSA) is 93.8 Å². The van der Waals surface area contributed by atoms with E-state index >= 15 is 0 Å². The molecule has 5 rings (SSSR count). The molecule has 1 aliphatic rings. The van der Waals surface area contributed by atoms with E-state index in [-0.39, 0.29) is 11.2 Å². The molecule has 122 valence electrons. The van der Waals surface area contributed by atoms with Crippen molar-refractivity contribution >= 4 is 27.5 Å². The molecule has 25 heavy (non-hydrogen) atoms. The quantitative estimate of drug-likeness (QED) is 0.428. The number of hydrogen-bond donors (Lipinski definition) is 1. The van der Waals surface area contributed by atoms with Crippen LogP contribution >= 0.6 is 0 Å². The Labute approximate surface area is 140 Å². The van der Waals surface area contributed by atoms with Gasteiger partial charge in [-0.2, -0.15) is 0 Å². The number of aryl methyl sites for hydroxylation is 1. The number of fused-ring (bicyclic) bond motifs is 6. The SMILES string of the molecule is O=c1c2ccc([N+](=O)[O-])cc2nc2n1CCc1c-2[nH]c2ccccc12. The molecular weight excluding hydrogens is 320 g/mol. The van der Waals surface area contributed by atoms with Crippen molar-refractivity contribution < 1.29 is 4.92 Å². The van der Waals surface area contributed by atoms with Crippen molar-refractivity contribution in [2.75, 3.05) is 0 Å². The number of nitrogens with one attached hydrogen (secondary N) is 1. The monoisotopic (exact) mass is 332 g/mol. The molecule has 0 saturated heterocycles. The maximum atomic E-state index is 12.8. The molecule has 2 aromatic carbocycles. The second kappa shape index (κ2) is 4.76. The molecule has 0 aliphatic carbocycles. The summed E-state index contributed by atoms with van der Waals surface area (Å²) in [4.78, 5) is 31.3. The number of hydrogen-bond acceptors (Lipinski definition) is 4. The molecule has 4 aromatic rings. The van der Waals surface area contributed by atoms with Gasteiger partial charge in [0, 0.05) is 29.6 Å². The molecule has 0 spiro atoms. The summed E-state index contributed by atoms with van der Waals surface area (Å²) >= 11 is 0. The smallest absolute Gasteiger partial charge is 0.271 e. The minimum Gasteiger partial charge on any atom is -0.352 e. The molecule has 7 heteroatoms. The molecule has 0 fully saturated rings. The van der Waals surface area contributed by atoms with Crippen LogP contribution in [0.1, 0.15) is 5.56 Å². The third-order valence-corrected chi connectivity index (χ3v) is 4.77. The zero-order valence-corrected chi connectivity index (χ0v) is 13.0. The fourth-order valence-corrected chi connectivity index (χ4v) is 3.60. The van der Waals surface area contributed by atoms with Crippen molar-refractivity contribution in [1.29, 1.82) is 0 Å². The Bertz CT molecular complexity index is 1250. The lowest BCUT2D eigenvalue weighted by Crippen LogP contribution is -2.27. The normalized spacial score (nSPS) is 13.0. The van der Waals surface area contributed by atoms with Crippen LogP contribution in [0.5, 0.6) is 0 Å². The van der Waals surface area contributed by atoms with Crippen LogP contribution in [0, 0.1) is 10.1 Å². The van der Waals surface area contributed by atoms with E-state index in [1.54, 1.807) is 4.57 Å². The number of rotatable bonds is 1. The average molecular weight is 332 g/mol. The van der Waals surface area contributed by atoms with Crippen LogP contribution in [-0.4, -0.2) is 19.5 Å². The molecule has 2 aromatic heterocycles. The molecule has 1 aliphatic heterocycles. The number of nitro benzene ring substituents is 1. The summed E-state index contributed by atoms with van der Waals surface area (Å²) in [6, 6.07) is 12.1. The van der Waals surface area contributed by atoms with E-state index in [1.807, 2.05) is 24.3 Å². The summed E-state index contributed by atoms with van der Waals surface area (Å²) in [6.45, 7) is 0.545. The molecule has 7 nitrogen and oxygen atoms in total. The van der Waals surface area contributed by atoms with Crippen LogP contribution in [0.3, 0.4) is 0 Å². The lowest BCUT2D eigenvalue weighted by Gasteiger charge is -2.18. The largest absolute Gasteiger partial charge is 0.352 e. The molecule has 0 atom stereocenters. The Kier molecular flexibility index (Phi) is 2.65. The van der Waals surface area contributed by atoms with Gasteiger partial charge in [-0.3, -0.25) is 19.5 Å². The Hall–Kier alpha value is -3.48. The van der Waals surface area contributed by atoms with Gasteiger partial charge in [-0.15, -0.1) is 0 Å². The van der Waals surface area contributed by atoms with Gasteiger partial charge < -0.3 is 4.98 Å². The highest BCUT2D eigenvalue weighted by Gasteiger charge is 2.24. The first-order valence-corrected chi connectivity index (χ1v) is 7.92. The molecule has 0 saturated carbocycles. The highest BCUT2D eigenvalue weighted by Crippen LogP contribution is 2.33. The van der Waals surface area contributed by atoms with Gasteiger partial charge in [0.15, 0.2) is 5.82 Å². The van der Waals surface area contributed by atoms with E-state index in [9.17, 15) is 14.9 Å². The van der Waals surface area contributed by atoms with Crippen LogP contribution < -0.4 is 5.56 Å². The molecular formula is C18H12N4O3. The summed E-state index contributed by atoms with van der Waals surface area (Å²) in [7, 11) is 0. The number of benzene rings is 2. The van der Waals surface area contributed by atoms with E-state index in [0.29, 0.717) is 23.3 Å². The number of H-pyrrole nitrogens is 1. The first-order chi connectivity index (χ1) is 12.1. The Morgan fingerprint density at radius 2 is 2.00 bits per heavy atom. The van der Waals surface area contributed by atoms with Gasteiger partial charge in [0.05, 0.1) is 21.5 Å². The minimum absolute atomic E-state index is 0.0722. The van der Waals surface area contributed by atoms with Crippen molar-refractivity contribution in [3.63, 3.8) is 0 Å². The zero-order valence-electron chi connectivity index (χ0n) is 13.0. The first-order valence-electron chi connectivity index (χ1n) is 7.92. The fraction of sp³-hybridized carbons (Fsp3) is 0.111. The van der Waals surface area contributed by atoms with E-state index in [1.165, 1.54) is 18.2 Å². The van der Waals surface area contributed by atoms with Gasteiger partial charge in [0.1, 0.15) is 0 Å². The van der Waals surface area contributed by atoms with Crippen LogP contribution in [0.25, 0.3) is 33.3 Å². The Morgan fingerprint density at radius 1 is 1.16 bits per heavy atom. The van der Waals surface area contributed by atoms with E-state index < -0.39 is 4.92 Å². The number of nitro groups is 1. The Balaban J connectivity index is 1.86. The highest BCUT2D eigenvalue weighted by atomic mass is 16.6. The number of aromatic nitrogens is 3. The molecule has 3 heterocycles. The molecule has 0 amide bonds. The third kappa shape index (κ3) is 1.86. The van der Waals surface area contributed by atoms with Gasteiger partial charge in [0.25, 0.3) is 11.2 Å². The van der Waals surface area contributed by atoms with Crippen molar-refractivity contribution in [2.24, 2.45) is 0 Å². The van der Waals surface area contributed by atoms with Crippen LogP contribution in [-0.2, 0) is 13.0 Å². The number of aromatic amines is 1. The second-order valence-electron chi connectivity index (χ2n) is 6.12. The van der Waals surface area contributed by atoms with Gasteiger partial charge in [-0.25, -0.2) is 4.98 Å². The second-order valence-corrected chi connectivity index (χ2v) is 6.12. The highest BCUT2D eigenvalue weighted by molar-refractivity contribution is 5.91. The van der Waals surface area contributed by atoms with E-state index in [0.717, 1.165) is 28.6 Å². The number of nitrogens with zero attached hydrogens (tertiary/aromatic N) is 3. The number of non-ortho nitro benzene ring substituents is 1. The fourth-order valence-electron chi connectivity index (χ4n) is 3.60. The zero-order chi connectivity index (χ0) is 17.1. The summed E-state index contributed by atoms with van der Waals surface area (Å²) in [5.74, 6) is 0.537. The predicted octanol–water partition coefficient (Wildman–Crippen LogP) is 3.01. The molecule has 0 bridgehead atoms. The standard InChI is InChI=1S/C18H12N4O3/c23-18-13-6-5-10(22(24)25)9-15(13)20-17-16-12(7-8-21(17)18)11-3-1-2-4-14(11)19-16/h1-6,9,19H,7-8H2. The lowest BCUT2D eigenvalue weighted by molar-refractivity contribution is -0.384. The summed E-state index contributed by atoms with van der Waals surface area (Å²) < 4.78 is 1.64. The third-order valence-electron chi connectivity index (χ3n) is 4.77. The van der Waals surface area contributed by atoms with Crippen LogP contribution in [0.2, 0.25) is 0 Å². The van der Waals surface area contributed by atoms with Crippen molar-refractivity contribution in [2.45, 2.75) is 13.0 Å². The minimum atomic E-state index is -0.480. The summed E-state index contributed by atoms with van der Waals surface area (Å²) in [6.07, 6.45) is 0.742. The average Bonchev–Trinajstić information content (AvgIpc) is 3.00. The number of para-hydroxylation sites is 1. The van der Waals surface area contributed by atoms with Gasteiger partial charge >= 0.3 is 0 Å². The maximum Gasteiger partial charge on any atom is 0.271 e. The van der Waals surface area contributed by atoms with E-state index in [2.05, 4.69) is 9.97 Å². The van der Waals surface area contributed by atoms with E-state index in [4.69, 9.17) is 0 Å². The van der Waals surface area contributed by atoms with Gasteiger partial charge in [-0.05, 0) is 24.1 Å². The van der Waals surface area contributed by atoms with Crippen molar-refractivity contribution in [1.82, 2.24) is 14.5 Å². The Morgan fingerprint density at radius 3 is 2.84 bits per heavy atom. The first kappa shape index (κ1) is 13.9. The predicted molar refractivity (Wildman–Crippen MR) is 93.7 cm³/mol. The lowest BCUT2D eigenvalue weighted by atomic mass is 10.0. The van der Waals surface area contributed by atoms with Gasteiger partial charge in [-0.1, -0.05) is 18.2 Å². The summed E-state index contributed by atoms with van der Waals surface area (Å²) in [5, 5.41) is 12.5. The van der Waals surface area contributed by atoms with Crippen molar-refractivity contribution in [3.8, 4) is 11.5 Å². The maximum absolute atomic E-state index is 12.8. The molecule has 0 unspecified atom stereocenters. The van der Waals surface area contributed by atoms with Crippen LogP contribution in [0.4, 0.5) is 5.69 Å². The molecule has 0 radical (unpaired) electrons. The molecule has 1 N–H and O–H groups in total. The van der Waals surface area contributed by atoms with Crippen molar-refractivity contribution in [3.05, 3.63) is 68.5 Å².